The normalized spacial score (nSPS) is 10.8. The lowest BCUT2D eigenvalue weighted by atomic mass is 9.97. The Balaban J connectivity index is 2.34. The first-order valence-electron chi connectivity index (χ1n) is 6.76. The number of carboxylic acid groups (broad SMARTS) is 1. The van der Waals surface area contributed by atoms with Crippen LogP contribution >= 0.6 is 0 Å². The van der Waals surface area contributed by atoms with Gasteiger partial charge in [0.25, 0.3) is 0 Å². The average Bonchev–Trinajstić information content (AvgIpc) is 2.46. The van der Waals surface area contributed by atoms with Crippen molar-refractivity contribution in [3.05, 3.63) is 65.4 Å². The first-order chi connectivity index (χ1) is 10.1. The van der Waals surface area contributed by atoms with E-state index in [1.54, 1.807) is 0 Å². The van der Waals surface area contributed by atoms with Crippen LogP contribution in [-0.4, -0.2) is 16.1 Å². The van der Waals surface area contributed by atoms with E-state index >= 15 is 0 Å². The number of fused-ring (bicyclic) bond motifs is 1. The number of aromatic carboxylic acids is 1. The Kier molecular flexibility index (Phi) is 3.18. The first-order valence-corrected chi connectivity index (χ1v) is 6.76. The summed E-state index contributed by atoms with van der Waals surface area (Å²) in [7, 11) is 0. The SMILES string of the molecule is Cc1ccc(-c2ncc(C(=O)O)c3ccccc23)c(C)c1. The van der Waals surface area contributed by atoms with Crippen molar-refractivity contribution < 1.29 is 9.90 Å². The monoisotopic (exact) mass is 277 g/mol. The molecule has 1 aromatic heterocycles. The number of aryl methyl sites for hydroxylation is 2. The van der Waals surface area contributed by atoms with Crippen LogP contribution in [0.15, 0.2) is 48.7 Å². The number of carboxylic acids is 1. The van der Waals surface area contributed by atoms with E-state index in [9.17, 15) is 9.90 Å². The third-order valence-corrected chi connectivity index (χ3v) is 3.66. The predicted octanol–water partition coefficient (Wildman–Crippen LogP) is 4.22. The van der Waals surface area contributed by atoms with Crippen molar-refractivity contribution in [3.8, 4) is 11.3 Å². The van der Waals surface area contributed by atoms with Crippen molar-refractivity contribution in [2.45, 2.75) is 13.8 Å². The van der Waals surface area contributed by atoms with E-state index in [0.717, 1.165) is 27.6 Å². The molecule has 0 saturated heterocycles. The second kappa shape index (κ2) is 5.02. The van der Waals surface area contributed by atoms with Crippen LogP contribution in [0.3, 0.4) is 0 Å². The first kappa shape index (κ1) is 13.3. The summed E-state index contributed by atoms with van der Waals surface area (Å²) in [4.78, 5) is 15.7. The van der Waals surface area contributed by atoms with Crippen molar-refractivity contribution in [2.24, 2.45) is 0 Å². The lowest BCUT2D eigenvalue weighted by molar-refractivity contribution is 0.0698. The number of nitrogens with zero attached hydrogens (tertiary/aromatic N) is 1. The lowest BCUT2D eigenvalue weighted by Gasteiger charge is -2.11. The van der Waals surface area contributed by atoms with Gasteiger partial charge in [-0.2, -0.15) is 0 Å². The molecular weight excluding hydrogens is 262 g/mol. The molecule has 3 nitrogen and oxygen atoms in total. The summed E-state index contributed by atoms with van der Waals surface area (Å²) in [6.07, 6.45) is 1.44. The minimum atomic E-state index is -0.953. The van der Waals surface area contributed by atoms with Crippen molar-refractivity contribution in [1.29, 1.82) is 0 Å². The van der Waals surface area contributed by atoms with Crippen LogP contribution in [0.1, 0.15) is 21.5 Å². The largest absolute Gasteiger partial charge is 0.478 e. The van der Waals surface area contributed by atoms with E-state index in [2.05, 4.69) is 18.0 Å². The molecule has 2 aromatic carbocycles. The molecular formula is C18H15NO2. The van der Waals surface area contributed by atoms with Crippen LogP contribution in [0, 0.1) is 13.8 Å². The number of hydrogen-bond acceptors (Lipinski definition) is 2. The fourth-order valence-electron chi connectivity index (χ4n) is 2.66. The van der Waals surface area contributed by atoms with Crippen molar-refractivity contribution >= 4 is 16.7 Å². The average molecular weight is 277 g/mol. The standard InChI is InChI=1S/C18H15NO2/c1-11-7-8-13(12(2)9-11)17-15-6-4-3-5-14(15)16(10-19-17)18(20)21/h3-10H,1-2H3,(H,20,21). The maximum atomic E-state index is 11.3. The lowest BCUT2D eigenvalue weighted by Crippen LogP contribution is -2.00. The number of pyridine rings is 1. The van der Waals surface area contributed by atoms with Gasteiger partial charge in [0.1, 0.15) is 0 Å². The smallest absolute Gasteiger partial charge is 0.337 e. The molecule has 3 heteroatoms. The molecule has 3 rings (SSSR count). The number of benzene rings is 2. The Bertz CT molecular complexity index is 853. The van der Waals surface area contributed by atoms with Gasteiger partial charge in [-0.3, -0.25) is 4.98 Å². The summed E-state index contributed by atoms with van der Waals surface area (Å²) < 4.78 is 0. The summed E-state index contributed by atoms with van der Waals surface area (Å²) in [5.74, 6) is -0.953. The highest BCUT2D eigenvalue weighted by Crippen LogP contribution is 2.31. The molecule has 0 aliphatic heterocycles. The Labute approximate surface area is 122 Å². The van der Waals surface area contributed by atoms with Gasteiger partial charge in [-0.1, -0.05) is 48.0 Å². The molecule has 0 saturated carbocycles. The highest BCUT2D eigenvalue weighted by atomic mass is 16.4. The van der Waals surface area contributed by atoms with Crippen LogP contribution in [0.5, 0.6) is 0 Å². The van der Waals surface area contributed by atoms with E-state index in [-0.39, 0.29) is 5.56 Å². The van der Waals surface area contributed by atoms with Crippen molar-refractivity contribution in [3.63, 3.8) is 0 Å². The molecule has 0 amide bonds. The van der Waals surface area contributed by atoms with Gasteiger partial charge in [-0.05, 0) is 24.8 Å². The fraction of sp³-hybridized carbons (Fsp3) is 0.111. The van der Waals surface area contributed by atoms with Crippen LogP contribution in [0.4, 0.5) is 0 Å². The van der Waals surface area contributed by atoms with Gasteiger partial charge in [0.2, 0.25) is 0 Å². The second-order valence-electron chi connectivity index (χ2n) is 5.19. The van der Waals surface area contributed by atoms with Crippen LogP contribution in [0.25, 0.3) is 22.0 Å². The molecule has 1 N–H and O–H groups in total. The highest BCUT2D eigenvalue weighted by molar-refractivity contribution is 6.07. The molecule has 0 bridgehead atoms. The summed E-state index contributed by atoms with van der Waals surface area (Å²) in [6, 6.07) is 13.7. The molecule has 0 radical (unpaired) electrons. The van der Waals surface area contributed by atoms with Gasteiger partial charge in [0, 0.05) is 17.1 Å². The van der Waals surface area contributed by atoms with E-state index < -0.39 is 5.97 Å². The molecule has 3 aromatic rings. The number of aromatic nitrogens is 1. The molecule has 0 aliphatic rings. The van der Waals surface area contributed by atoms with E-state index in [4.69, 9.17) is 0 Å². The molecule has 21 heavy (non-hydrogen) atoms. The Morgan fingerprint density at radius 1 is 1.05 bits per heavy atom. The van der Waals surface area contributed by atoms with Gasteiger partial charge < -0.3 is 5.11 Å². The fourth-order valence-corrected chi connectivity index (χ4v) is 2.66. The zero-order valence-electron chi connectivity index (χ0n) is 11.9. The van der Waals surface area contributed by atoms with Gasteiger partial charge >= 0.3 is 5.97 Å². The molecule has 104 valence electrons. The highest BCUT2D eigenvalue weighted by Gasteiger charge is 2.14. The zero-order valence-corrected chi connectivity index (χ0v) is 11.9. The maximum Gasteiger partial charge on any atom is 0.337 e. The molecule has 0 spiro atoms. The molecule has 0 fully saturated rings. The third kappa shape index (κ3) is 2.27. The zero-order chi connectivity index (χ0) is 15.0. The van der Waals surface area contributed by atoms with Crippen molar-refractivity contribution in [1.82, 2.24) is 4.98 Å². The molecule has 0 atom stereocenters. The summed E-state index contributed by atoms with van der Waals surface area (Å²) in [5, 5.41) is 10.9. The Morgan fingerprint density at radius 2 is 1.76 bits per heavy atom. The quantitative estimate of drug-likeness (QED) is 0.763. The minimum absolute atomic E-state index is 0.235. The van der Waals surface area contributed by atoms with Gasteiger partial charge in [0.05, 0.1) is 11.3 Å². The summed E-state index contributed by atoms with van der Waals surface area (Å²) >= 11 is 0. The number of rotatable bonds is 2. The molecule has 1 heterocycles. The third-order valence-electron chi connectivity index (χ3n) is 3.66. The van der Waals surface area contributed by atoms with Gasteiger partial charge in [-0.15, -0.1) is 0 Å². The summed E-state index contributed by atoms with van der Waals surface area (Å²) in [5.41, 5.74) is 4.43. The van der Waals surface area contributed by atoms with Crippen LogP contribution < -0.4 is 0 Å². The minimum Gasteiger partial charge on any atom is -0.478 e. The number of hydrogen-bond donors (Lipinski definition) is 1. The maximum absolute atomic E-state index is 11.3. The van der Waals surface area contributed by atoms with Gasteiger partial charge in [-0.25, -0.2) is 4.79 Å². The van der Waals surface area contributed by atoms with E-state index in [0.29, 0.717) is 0 Å². The molecule has 0 aliphatic carbocycles. The van der Waals surface area contributed by atoms with Crippen LogP contribution in [0.2, 0.25) is 0 Å². The van der Waals surface area contributed by atoms with E-state index in [1.807, 2.05) is 43.3 Å². The predicted molar refractivity (Wildman–Crippen MR) is 83.6 cm³/mol. The number of carbonyl (C=O) groups is 1. The second-order valence-corrected chi connectivity index (χ2v) is 5.19. The Hall–Kier alpha value is -2.68. The Morgan fingerprint density at radius 3 is 2.43 bits per heavy atom. The van der Waals surface area contributed by atoms with Crippen LogP contribution in [-0.2, 0) is 0 Å². The topological polar surface area (TPSA) is 50.2 Å². The molecule has 0 unspecified atom stereocenters. The van der Waals surface area contributed by atoms with Crippen molar-refractivity contribution in [2.75, 3.05) is 0 Å². The van der Waals surface area contributed by atoms with Gasteiger partial charge in [0.15, 0.2) is 0 Å². The van der Waals surface area contributed by atoms with E-state index in [1.165, 1.54) is 11.8 Å². The summed E-state index contributed by atoms with van der Waals surface area (Å²) in [6.45, 7) is 4.10.